The van der Waals surface area contributed by atoms with Crippen LogP contribution in [0.15, 0.2) is 12.1 Å². The van der Waals surface area contributed by atoms with Gasteiger partial charge in [-0.3, -0.25) is 10.1 Å². The van der Waals surface area contributed by atoms with Gasteiger partial charge in [0.25, 0.3) is 0 Å². The molecule has 0 amide bonds. The van der Waals surface area contributed by atoms with Crippen molar-refractivity contribution in [1.82, 2.24) is 4.98 Å². The smallest absolute Gasteiger partial charge is 0.356 e. The molecule has 0 saturated carbocycles. The molecule has 0 aromatic carbocycles. The second-order valence-electron chi connectivity index (χ2n) is 5.18. The number of hydrogen-bond donors (Lipinski definition) is 0. The molecule has 1 aromatic heterocycles. The number of esters is 1. The second kappa shape index (κ2) is 6.51. The number of carbonyl (C=O) groups is 1. The van der Waals surface area contributed by atoms with Gasteiger partial charge in [-0.2, -0.15) is 0 Å². The highest BCUT2D eigenvalue weighted by Gasteiger charge is 2.27. The average molecular weight is 293 g/mol. The normalized spacial score (nSPS) is 19.0. The van der Waals surface area contributed by atoms with E-state index in [0.717, 1.165) is 25.7 Å². The number of carbonyl (C=O) groups excluding carboxylic acids is 1. The summed E-state index contributed by atoms with van der Waals surface area (Å²) in [6.45, 7) is 2.74. The van der Waals surface area contributed by atoms with Crippen LogP contribution in [0.2, 0.25) is 0 Å². The minimum atomic E-state index is -0.589. The molecule has 0 N–H and O–H groups in total. The molecule has 1 unspecified atom stereocenters. The number of hydrogen-bond acceptors (Lipinski definition) is 6. The molecule has 0 spiro atoms. The lowest BCUT2D eigenvalue weighted by molar-refractivity contribution is -0.384. The van der Waals surface area contributed by atoms with Crippen molar-refractivity contribution in [3.63, 3.8) is 0 Å². The van der Waals surface area contributed by atoms with E-state index in [0.29, 0.717) is 6.54 Å². The van der Waals surface area contributed by atoms with E-state index in [1.807, 2.05) is 11.8 Å². The molecule has 2 heterocycles. The van der Waals surface area contributed by atoms with Crippen molar-refractivity contribution in [2.24, 2.45) is 0 Å². The van der Waals surface area contributed by atoms with Crippen molar-refractivity contribution in [3.05, 3.63) is 27.9 Å². The zero-order chi connectivity index (χ0) is 15.4. The minimum absolute atomic E-state index is 0.0728. The number of nitro groups is 1. The van der Waals surface area contributed by atoms with E-state index in [1.54, 1.807) is 0 Å². The van der Waals surface area contributed by atoms with Gasteiger partial charge < -0.3 is 9.64 Å². The predicted molar refractivity (Wildman–Crippen MR) is 77.5 cm³/mol. The molecule has 7 heteroatoms. The standard InChI is InChI=1S/C14H19N3O4/c1-10-6-4-3-5-9-16(10)13-12(17(19)20)8-7-11(15-13)14(18)21-2/h7-8,10H,3-6,9H2,1-2H3. The summed E-state index contributed by atoms with van der Waals surface area (Å²) in [6, 6.07) is 2.81. The summed E-state index contributed by atoms with van der Waals surface area (Å²) in [5, 5.41) is 11.2. The molecule has 0 bridgehead atoms. The third kappa shape index (κ3) is 3.29. The van der Waals surface area contributed by atoms with Crippen LogP contribution in [0.1, 0.15) is 43.1 Å². The first kappa shape index (κ1) is 15.2. The Balaban J connectivity index is 2.46. The van der Waals surface area contributed by atoms with Crippen LogP contribution in [0.25, 0.3) is 0 Å². The summed E-state index contributed by atoms with van der Waals surface area (Å²) in [7, 11) is 1.26. The second-order valence-corrected chi connectivity index (χ2v) is 5.18. The first-order valence-electron chi connectivity index (χ1n) is 7.05. The fourth-order valence-corrected chi connectivity index (χ4v) is 2.60. The Morgan fingerprint density at radius 3 is 2.86 bits per heavy atom. The van der Waals surface area contributed by atoms with E-state index >= 15 is 0 Å². The van der Waals surface area contributed by atoms with Gasteiger partial charge in [-0.1, -0.05) is 12.8 Å². The van der Waals surface area contributed by atoms with Crippen molar-refractivity contribution >= 4 is 17.5 Å². The predicted octanol–water partition coefficient (Wildman–Crippen LogP) is 2.55. The fraction of sp³-hybridized carbons (Fsp3) is 0.571. The number of aromatic nitrogens is 1. The van der Waals surface area contributed by atoms with Gasteiger partial charge in [0.1, 0.15) is 0 Å². The first-order chi connectivity index (χ1) is 10.0. The zero-order valence-electron chi connectivity index (χ0n) is 12.2. The molecule has 114 valence electrons. The van der Waals surface area contributed by atoms with Crippen molar-refractivity contribution < 1.29 is 14.5 Å². The molecule has 1 aromatic rings. The molecule has 21 heavy (non-hydrogen) atoms. The van der Waals surface area contributed by atoms with E-state index in [9.17, 15) is 14.9 Å². The zero-order valence-corrected chi connectivity index (χ0v) is 12.2. The summed E-state index contributed by atoms with van der Waals surface area (Å²) in [5.74, 6) is -0.328. The van der Waals surface area contributed by atoms with Crippen molar-refractivity contribution in [1.29, 1.82) is 0 Å². The van der Waals surface area contributed by atoms with E-state index in [-0.39, 0.29) is 23.2 Å². The lowest BCUT2D eigenvalue weighted by atomic mass is 10.1. The Morgan fingerprint density at radius 1 is 1.43 bits per heavy atom. The average Bonchev–Trinajstić information content (AvgIpc) is 2.70. The van der Waals surface area contributed by atoms with Gasteiger partial charge in [-0.15, -0.1) is 0 Å². The SMILES string of the molecule is COC(=O)c1ccc([N+](=O)[O-])c(N2CCCCCC2C)n1. The van der Waals surface area contributed by atoms with Crippen LogP contribution in [0.4, 0.5) is 11.5 Å². The molecule has 2 rings (SSSR count). The lowest BCUT2D eigenvalue weighted by Gasteiger charge is -2.28. The molecule has 0 aliphatic carbocycles. The summed E-state index contributed by atoms with van der Waals surface area (Å²) in [4.78, 5) is 28.5. The van der Waals surface area contributed by atoms with Gasteiger partial charge in [0.2, 0.25) is 5.82 Å². The van der Waals surface area contributed by atoms with Gasteiger partial charge in [0.15, 0.2) is 5.69 Å². The van der Waals surface area contributed by atoms with Gasteiger partial charge in [0.05, 0.1) is 12.0 Å². The highest BCUT2D eigenvalue weighted by Crippen LogP contribution is 2.30. The molecule has 1 aliphatic heterocycles. The molecule has 1 saturated heterocycles. The van der Waals surface area contributed by atoms with Crippen molar-refractivity contribution in [2.45, 2.75) is 38.6 Å². The number of ether oxygens (including phenoxy) is 1. The minimum Gasteiger partial charge on any atom is -0.464 e. The van der Waals surface area contributed by atoms with E-state index in [1.165, 1.54) is 19.2 Å². The van der Waals surface area contributed by atoms with Crippen LogP contribution in [0.5, 0.6) is 0 Å². The highest BCUT2D eigenvalue weighted by molar-refractivity contribution is 5.88. The quantitative estimate of drug-likeness (QED) is 0.483. The van der Waals surface area contributed by atoms with E-state index in [2.05, 4.69) is 9.72 Å². The Hall–Kier alpha value is -2.18. The van der Waals surface area contributed by atoms with Crippen molar-refractivity contribution in [2.75, 3.05) is 18.6 Å². The maximum Gasteiger partial charge on any atom is 0.356 e. The third-order valence-corrected chi connectivity index (χ3v) is 3.77. The molecule has 1 fully saturated rings. The van der Waals surface area contributed by atoms with Crippen LogP contribution in [-0.4, -0.2) is 35.6 Å². The van der Waals surface area contributed by atoms with Gasteiger partial charge in [-0.05, 0) is 25.8 Å². The van der Waals surface area contributed by atoms with E-state index in [4.69, 9.17) is 0 Å². The maximum atomic E-state index is 11.6. The van der Waals surface area contributed by atoms with Crippen LogP contribution in [0, 0.1) is 10.1 Å². The summed E-state index contributed by atoms with van der Waals surface area (Å²) < 4.78 is 4.64. The maximum absolute atomic E-state index is 11.6. The lowest BCUT2D eigenvalue weighted by Crippen LogP contribution is -2.34. The first-order valence-corrected chi connectivity index (χ1v) is 7.05. The Morgan fingerprint density at radius 2 is 2.19 bits per heavy atom. The van der Waals surface area contributed by atoms with Gasteiger partial charge in [0, 0.05) is 18.7 Å². The molecule has 0 radical (unpaired) electrons. The molecular formula is C14H19N3O4. The van der Waals surface area contributed by atoms with Crippen molar-refractivity contribution in [3.8, 4) is 0 Å². The number of rotatable bonds is 3. The van der Waals surface area contributed by atoms with Crippen LogP contribution in [-0.2, 0) is 4.74 Å². The Labute approximate surface area is 123 Å². The number of pyridine rings is 1. The summed E-state index contributed by atoms with van der Waals surface area (Å²) >= 11 is 0. The summed E-state index contributed by atoms with van der Waals surface area (Å²) in [6.07, 6.45) is 4.13. The monoisotopic (exact) mass is 293 g/mol. The topological polar surface area (TPSA) is 85.6 Å². The Kier molecular flexibility index (Phi) is 4.72. The fourth-order valence-electron chi connectivity index (χ4n) is 2.60. The number of anilines is 1. The largest absolute Gasteiger partial charge is 0.464 e. The van der Waals surface area contributed by atoms with Gasteiger partial charge in [-0.25, -0.2) is 9.78 Å². The third-order valence-electron chi connectivity index (χ3n) is 3.77. The molecule has 1 atom stereocenters. The summed E-state index contributed by atoms with van der Waals surface area (Å²) in [5.41, 5.74) is 0.0194. The molecule has 7 nitrogen and oxygen atoms in total. The molecule has 1 aliphatic rings. The number of methoxy groups -OCH3 is 1. The van der Waals surface area contributed by atoms with Crippen LogP contribution >= 0.6 is 0 Å². The van der Waals surface area contributed by atoms with Gasteiger partial charge >= 0.3 is 11.7 Å². The number of nitrogens with zero attached hydrogens (tertiary/aromatic N) is 3. The highest BCUT2D eigenvalue weighted by atomic mass is 16.6. The van der Waals surface area contributed by atoms with E-state index < -0.39 is 10.9 Å². The molecular weight excluding hydrogens is 274 g/mol. The Bertz CT molecular complexity index is 547. The van der Waals surface area contributed by atoms with Crippen LogP contribution < -0.4 is 4.90 Å². The van der Waals surface area contributed by atoms with Crippen LogP contribution in [0.3, 0.4) is 0 Å².